The zero-order valence-corrected chi connectivity index (χ0v) is 18.6. The highest BCUT2D eigenvalue weighted by Crippen LogP contribution is 2.30. The fraction of sp³-hybridized carbons (Fsp3) is 0.150. The SMILES string of the molecule is CC(=O)Nc1ccc(-c2ccc3nc(C(=O)c4nnc(CNS(C)(=O)=O)o4)sc3c2)cc1. The molecule has 4 aromatic rings. The summed E-state index contributed by atoms with van der Waals surface area (Å²) in [5, 5.41) is 10.3. The third-order valence-corrected chi connectivity index (χ3v) is 5.95. The molecule has 0 aliphatic carbocycles. The maximum absolute atomic E-state index is 12.7. The number of hydrogen-bond acceptors (Lipinski definition) is 9. The maximum Gasteiger partial charge on any atom is 0.291 e. The average molecular weight is 472 g/mol. The van der Waals surface area contributed by atoms with Crippen molar-refractivity contribution < 1.29 is 22.4 Å². The molecule has 4 rings (SSSR count). The lowest BCUT2D eigenvalue weighted by molar-refractivity contribution is -0.114. The number of sulfonamides is 1. The molecule has 0 atom stereocenters. The summed E-state index contributed by atoms with van der Waals surface area (Å²) in [7, 11) is -3.43. The minimum atomic E-state index is -3.43. The molecule has 0 bridgehead atoms. The van der Waals surface area contributed by atoms with Crippen LogP contribution in [0.5, 0.6) is 0 Å². The van der Waals surface area contributed by atoms with Crippen molar-refractivity contribution in [2.75, 3.05) is 11.6 Å². The Morgan fingerprint density at radius 2 is 1.78 bits per heavy atom. The largest absolute Gasteiger partial charge is 0.417 e. The lowest BCUT2D eigenvalue weighted by Gasteiger charge is -2.05. The van der Waals surface area contributed by atoms with Crippen LogP contribution in [0.4, 0.5) is 5.69 Å². The number of ketones is 1. The Kier molecular flexibility index (Phi) is 5.82. The molecule has 0 fully saturated rings. The number of fused-ring (bicyclic) bond motifs is 1. The van der Waals surface area contributed by atoms with E-state index in [4.69, 9.17) is 4.42 Å². The normalized spacial score (nSPS) is 11.6. The van der Waals surface area contributed by atoms with Gasteiger partial charge in [-0.05, 0) is 35.4 Å². The van der Waals surface area contributed by atoms with E-state index in [1.54, 1.807) is 0 Å². The first-order valence-electron chi connectivity index (χ1n) is 9.28. The third-order valence-electron chi connectivity index (χ3n) is 4.27. The molecular weight excluding hydrogens is 454 g/mol. The van der Waals surface area contributed by atoms with Gasteiger partial charge in [0.25, 0.3) is 11.7 Å². The maximum atomic E-state index is 12.7. The molecule has 10 nitrogen and oxygen atoms in total. The second-order valence-corrected chi connectivity index (χ2v) is 9.75. The van der Waals surface area contributed by atoms with Gasteiger partial charge < -0.3 is 9.73 Å². The van der Waals surface area contributed by atoms with Crippen LogP contribution in [0.1, 0.15) is 28.5 Å². The van der Waals surface area contributed by atoms with E-state index in [1.165, 1.54) is 18.3 Å². The molecule has 0 radical (unpaired) electrons. The molecule has 164 valence electrons. The molecule has 0 saturated heterocycles. The Morgan fingerprint density at radius 3 is 2.47 bits per heavy atom. The second kappa shape index (κ2) is 8.57. The number of nitrogens with zero attached hydrogens (tertiary/aromatic N) is 3. The van der Waals surface area contributed by atoms with Crippen LogP contribution in [0.15, 0.2) is 46.9 Å². The monoisotopic (exact) mass is 471 g/mol. The number of benzene rings is 2. The molecule has 2 N–H and O–H groups in total. The molecule has 0 unspecified atom stereocenters. The van der Waals surface area contributed by atoms with Crippen LogP contribution in [-0.4, -0.2) is 41.5 Å². The molecule has 0 aliphatic heterocycles. The van der Waals surface area contributed by atoms with E-state index in [-0.39, 0.29) is 29.2 Å². The molecule has 0 saturated carbocycles. The Labute approximate surface area is 186 Å². The van der Waals surface area contributed by atoms with Crippen LogP contribution < -0.4 is 10.0 Å². The van der Waals surface area contributed by atoms with E-state index < -0.39 is 15.8 Å². The average Bonchev–Trinajstić information content (AvgIpc) is 3.38. The van der Waals surface area contributed by atoms with E-state index in [9.17, 15) is 18.0 Å². The summed E-state index contributed by atoms with van der Waals surface area (Å²) in [5.41, 5.74) is 3.23. The van der Waals surface area contributed by atoms with Gasteiger partial charge in [0.2, 0.25) is 21.8 Å². The lowest BCUT2D eigenvalue weighted by Crippen LogP contribution is -2.21. The molecule has 2 aromatic heterocycles. The van der Waals surface area contributed by atoms with E-state index in [1.807, 2.05) is 42.5 Å². The van der Waals surface area contributed by atoms with Gasteiger partial charge in [0.05, 0.1) is 23.0 Å². The van der Waals surface area contributed by atoms with Crippen molar-refractivity contribution in [3.63, 3.8) is 0 Å². The summed E-state index contributed by atoms with van der Waals surface area (Å²) in [5.74, 6) is -0.959. The van der Waals surface area contributed by atoms with Crippen molar-refractivity contribution in [2.24, 2.45) is 0 Å². The Balaban J connectivity index is 1.54. The van der Waals surface area contributed by atoms with Gasteiger partial charge in [-0.1, -0.05) is 18.2 Å². The van der Waals surface area contributed by atoms with Crippen molar-refractivity contribution in [1.82, 2.24) is 19.9 Å². The van der Waals surface area contributed by atoms with Crippen molar-refractivity contribution >= 4 is 49.0 Å². The Bertz CT molecular complexity index is 1420. The number of hydrogen-bond donors (Lipinski definition) is 2. The van der Waals surface area contributed by atoms with Gasteiger partial charge in [-0.15, -0.1) is 21.5 Å². The van der Waals surface area contributed by atoms with Crippen LogP contribution in [0.3, 0.4) is 0 Å². The quantitative estimate of drug-likeness (QED) is 0.391. The summed E-state index contributed by atoms with van der Waals surface area (Å²) in [4.78, 5) is 28.2. The van der Waals surface area contributed by atoms with Gasteiger partial charge in [0.15, 0.2) is 5.01 Å². The second-order valence-electron chi connectivity index (χ2n) is 6.88. The van der Waals surface area contributed by atoms with Crippen LogP contribution in [-0.2, 0) is 21.4 Å². The van der Waals surface area contributed by atoms with Crippen molar-refractivity contribution in [2.45, 2.75) is 13.5 Å². The zero-order chi connectivity index (χ0) is 22.9. The molecule has 0 spiro atoms. The van der Waals surface area contributed by atoms with Crippen LogP contribution >= 0.6 is 11.3 Å². The lowest BCUT2D eigenvalue weighted by atomic mass is 10.1. The first-order valence-corrected chi connectivity index (χ1v) is 12.0. The predicted octanol–water partition coefficient (Wildman–Crippen LogP) is 2.58. The Hall–Kier alpha value is -3.48. The molecule has 2 heterocycles. The number of carbonyl (C=O) groups is 2. The van der Waals surface area contributed by atoms with Gasteiger partial charge in [-0.25, -0.2) is 18.1 Å². The molecule has 1 amide bonds. The third kappa shape index (κ3) is 5.04. The first-order chi connectivity index (χ1) is 15.2. The van der Waals surface area contributed by atoms with Crippen LogP contribution in [0.25, 0.3) is 21.3 Å². The van der Waals surface area contributed by atoms with E-state index >= 15 is 0 Å². The number of rotatable bonds is 7. The minimum Gasteiger partial charge on any atom is -0.417 e. The van der Waals surface area contributed by atoms with Crippen molar-refractivity contribution in [3.05, 3.63) is 59.3 Å². The summed E-state index contributed by atoms with van der Waals surface area (Å²) in [6, 6.07) is 13.0. The highest BCUT2D eigenvalue weighted by atomic mass is 32.2. The number of amides is 1. The van der Waals surface area contributed by atoms with E-state index in [2.05, 4.69) is 25.2 Å². The Morgan fingerprint density at radius 1 is 1.06 bits per heavy atom. The standard InChI is InChI=1S/C20H17N5O5S2/c1-11(26)22-14-6-3-12(4-7-14)13-5-8-15-16(9-13)31-20(23-15)18(27)19-25-24-17(30-19)10-21-32(2,28)29/h3-9,21H,10H2,1-2H3,(H,22,26). The zero-order valence-electron chi connectivity index (χ0n) is 16.9. The van der Waals surface area contributed by atoms with Gasteiger partial charge in [-0.2, -0.15) is 0 Å². The van der Waals surface area contributed by atoms with E-state index in [0.717, 1.165) is 22.1 Å². The summed E-state index contributed by atoms with van der Waals surface area (Å²) >= 11 is 1.19. The summed E-state index contributed by atoms with van der Waals surface area (Å²) in [6.45, 7) is 1.25. The number of anilines is 1. The summed E-state index contributed by atoms with van der Waals surface area (Å²) < 4.78 is 30.6. The topological polar surface area (TPSA) is 144 Å². The molecule has 2 aromatic carbocycles. The van der Waals surface area contributed by atoms with Gasteiger partial charge in [-0.3, -0.25) is 9.59 Å². The first kappa shape index (κ1) is 21.7. The number of aromatic nitrogens is 3. The van der Waals surface area contributed by atoms with Crippen LogP contribution in [0, 0.1) is 0 Å². The smallest absolute Gasteiger partial charge is 0.291 e. The van der Waals surface area contributed by atoms with Crippen LogP contribution in [0.2, 0.25) is 0 Å². The highest BCUT2D eigenvalue weighted by Gasteiger charge is 2.21. The number of thiazole rings is 1. The fourth-order valence-corrected chi connectivity index (χ4v) is 4.17. The van der Waals surface area contributed by atoms with Gasteiger partial charge in [0, 0.05) is 12.6 Å². The fourth-order valence-electron chi connectivity index (χ4n) is 2.85. The summed E-state index contributed by atoms with van der Waals surface area (Å²) in [6.07, 6.45) is 1.00. The van der Waals surface area contributed by atoms with Gasteiger partial charge >= 0.3 is 0 Å². The number of carbonyl (C=O) groups excluding carboxylic acids is 2. The predicted molar refractivity (Wildman–Crippen MR) is 119 cm³/mol. The molecular formula is C20H17N5O5S2. The van der Waals surface area contributed by atoms with Crippen molar-refractivity contribution in [3.8, 4) is 11.1 Å². The molecule has 32 heavy (non-hydrogen) atoms. The molecule has 0 aliphatic rings. The molecule has 12 heteroatoms. The van der Waals surface area contributed by atoms with Crippen molar-refractivity contribution in [1.29, 1.82) is 0 Å². The number of nitrogens with one attached hydrogen (secondary N) is 2. The van der Waals surface area contributed by atoms with Gasteiger partial charge in [0.1, 0.15) is 0 Å². The minimum absolute atomic E-state index is 0.0233. The van der Waals surface area contributed by atoms with E-state index in [0.29, 0.717) is 11.2 Å². The highest BCUT2D eigenvalue weighted by molar-refractivity contribution is 7.88.